The normalized spacial score (nSPS) is 17.4. The summed E-state index contributed by atoms with van der Waals surface area (Å²) in [6, 6.07) is 14.7. The van der Waals surface area contributed by atoms with Crippen LogP contribution < -0.4 is 10.1 Å². The van der Waals surface area contributed by atoms with Gasteiger partial charge in [0.15, 0.2) is 0 Å². The van der Waals surface area contributed by atoms with E-state index in [9.17, 15) is 0 Å². The molecule has 2 aromatic rings. The summed E-state index contributed by atoms with van der Waals surface area (Å²) in [7, 11) is 0. The predicted molar refractivity (Wildman–Crippen MR) is 99.8 cm³/mol. The Morgan fingerprint density at radius 3 is 2.79 bits per heavy atom. The Hall–Kier alpha value is -1.58. The van der Waals surface area contributed by atoms with Crippen molar-refractivity contribution in [2.24, 2.45) is 0 Å². The Morgan fingerprint density at radius 1 is 1.00 bits per heavy atom. The van der Waals surface area contributed by atoms with E-state index in [0.717, 1.165) is 38.5 Å². The fourth-order valence-electron chi connectivity index (χ4n) is 3.28. The second kappa shape index (κ2) is 9.65. The van der Waals surface area contributed by atoms with Gasteiger partial charge < -0.3 is 14.8 Å². The van der Waals surface area contributed by atoms with Crippen molar-refractivity contribution >= 4 is 10.8 Å². The van der Waals surface area contributed by atoms with E-state index < -0.39 is 0 Å². The molecule has 24 heavy (non-hydrogen) atoms. The highest BCUT2D eigenvalue weighted by atomic mass is 16.5. The molecule has 0 aromatic heterocycles. The number of rotatable bonds is 10. The molecule has 0 radical (unpaired) electrons. The molecule has 1 saturated heterocycles. The Bertz CT molecular complexity index is 602. The standard InChI is InChI=1S/C21H29NO2/c1(5-14-22-17-19-11-8-16-23-19)2-6-15-24-21-13-7-10-18-9-3-4-12-20(18)21/h3-4,7,9-10,12-13,19,22H,1-2,5-6,8,11,14-17H2/t19-/m1/s1. The van der Waals surface area contributed by atoms with Crippen molar-refractivity contribution in [3.63, 3.8) is 0 Å². The van der Waals surface area contributed by atoms with Gasteiger partial charge in [0.25, 0.3) is 0 Å². The number of hydrogen-bond donors (Lipinski definition) is 1. The van der Waals surface area contributed by atoms with Crippen LogP contribution in [-0.2, 0) is 4.74 Å². The van der Waals surface area contributed by atoms with Crippen LogP contribution in [0.15, 0.2) is 42.5 Å². The van der Waals surface area contributed by atoms with Crippen LogP contribution in [0.1, 0.15) is 38.5 Å². The van der Waals surface area contributed by atoms with Gasteiger partial charge in [-0.2, -0.15) is 0 Å². The van der Waals surface area contributed by atoms with Crippen LogP contribution in [-0.4, -0.2) is 32.4 Å². The molecule has 2 aromatic carbocycles. The lowest BCUT2D eigenvalue weighted by Gasteiger charge is -2.11. The van der Waals surface area contributed by atoms with E-state index in [1.54, 1.807) is 0 Å². The lowest BCUT2D eigenvalue weighted by Crippen LogP contribution is -2.26. The van der Waals surface area contributed by atoms with E-state index >= 15 is 0 Å². The molecule has 0 aliphatic carbocycles. The molecule has 3 heteroatoms. The number of fused-ring (bicyclic) bond motifs is 1. The Morgan fingerprint density at radius 2 is 1.88 bits per heavy atom. The Balaban J connectivity index is 1.24. The van der Waals surface area contributed by atoms with Gasteiger partial charge in [-0.3, -0.25) is 0 Å². The highest BCUT2D eigenvalue weighted by Gasteiger charge is 2.13. The van der Waals surface area contributed by atoms with Crippen molar-refractivity contribution < 1.29 is 9.47 Å². The van der Waals surface area contributed by atoms with Crippen LogP contribution in [0.4, 0.5) is 0 Å². The van der Waals surface area contributed by atoms with E-state index in [4.69, 9.17) is 9.47 Å². The number of hydrogen-bond acceptors (Lipinski definition) is 3. The first kappa shape index (κ1) is 17.2. The largest absolute Gasteiger partial charge is 0.493 e. The molecule has 1 aliphatic heterocycles. The molecular formula is C21H29NO2. The quantitative estimate of drug-likeness (QED) is 0.650. The lowest BCUT2D eigenvalue weighted by molar-refractivity contribution is 0.110. The van der Waals surface area contributed by atoms with Crippen LogP contribution in [0, 0.1) is 0 Å². The van der Waals surface area contributed by atoms with Gasteiger partial charge in [-0.25, -0.2) is 0 Å². The van der Waals surface area contributed by atoms with E-state index in [1.807, 2.05) is 0 Å². The molecule has 0 spiro atoms. The van der Waals surface area contributed by atoms with Gasteiger partial charge in [-0.05, 0) is 43.7 Å². The number of ether oxygens (including phenoxy) is 2. The van der Waals surface area contributed by atoms with Crippen molar-refractivity contribution in [2.75, 3.05) is 26.3 Å². The maximum atomic E-state index is 5.98. The summed E-state index contributed by atoms with van der Waals surface area (Å²) >= 11 is 0. The molecule has 0 bridgehead atoms. The molecule has 1 N–H and O–H groups in total. The second-order valence-corrected chi connectivity index (χ2v) is 6.58. The molecule has 1 atom stereocenters. The first-order chi connectivity index (χ1) is 11.9. The van der Waals surface area contributed by atoms with Crippen molar-refractivity contribution in [1.82, 2.24) is 5.32 Å². The fraction of sp³-hybridized carbons (Fsp3) is 0.524. The van der Waals surface area contributed by atoms with Crippen LogP contribution in [0.25, 0.3) is 10.8 Å². The van der Waals surface area contributed by atoms with Gasteiger partial charge in [0.1, 0.15) is 5.75 Å². The van der Waals surface area contributed by atoms with Crippen molar-refractivity contribution in [1.29, 1.82) is 0 Å². The van der Waals surface area contributed by atoms with E-state index in [-0.39, 0.29) is 0 Å². The maximum absolute atomic E-state index is 5.98. The van der Waals surface area contributed by atoms with E-state index in [2.05, 4.69) is 47.8 Å². The van der Waals surface area contributed by atoms with Crippen molar-refractivity contribution in [2.45, 2.75) is 44.6 Å². The summed E-state index contributed by atoms with van der Waals surface area (Å²) in [6.07, 6.45) is 7.75. The smallest absolute Gasteiger partial charge is 0.127 e. The third-order valence-electron chi connectivity index (χ3n) is 4.65. The molecule has 0 saturated carbocycles. The minimum absolute atomic E-state index is 0.457. The predicted octanol–water partition coefficient (Wildman–Crippen LogP) is 4.55. The molecular weight excluding hydrogens is 298 g/mol. The minimum atomic E-state index is 0.457. The molecule has 0 amide bonds. The van der Waals surface area contributed by atoms with Gasteiger partial charge in [0, 0.05) is 18.5 Å². The van der Waals surface area contributed by atoms with Crippen LogP contribution in [0.2, 0.25) is 0 Å². The third kappa shape index (κ3) is 5.22. The maximum Gasteiger partial charge on any atom is 0.127 e. The average Bonchev–Trinajstić information content (AvgIpc) is 3.14. The summed E-state index contributed by atoms with van der Waals surface area (Å²) in [4.78, 5) is 0. The number of unbranched alkanes of at least 4 members (excludes halogenated alkanes) is 3. The highest BCUT2D eigenvalue weighted by molar-refractivity contribution is 5.88. The summed E-state index contributed by atoms with van der Waals surface area (Å²) in [5.41, 5.74) is 0. The zero-order valence-corrected chi connectivity index (χ0v) is 14.5. The number of benzene rings is 2. The van der Waals surface area contributed by atoms with Gasteiger partial charge in [-0.15, -0.1) is 0 Å². The number of nitrogens with one attached hydrogen (secondary N) is 1. The molecule has 0 unspecified atom stereocenters. The summed E-state index contributed by atoms with van der Waals surface area (Å²) in [5, 5.41) is 5.96. The molecule has 130 valence electrons. The summed E-state index contributed by atoms with van der Waals surface area (Å²) < 4.78 is 11.6. The highest BCUT2D eigenvalue weighted by Crippen LogP contribution is 2.25. The minimum Gasteiger partial charge on any atom is -0.493 e. The van der Waals surface area contributed by atoms with Crippen molar-refractivity contribution in [3.8, 4) is 5.75 Å². The summed E-state index contributed by atoms with van der Waals surface area (Å²) in [6.45, 7) is 3.87. The Kier molecular flexibility index (Phi) is 6.94. The molecule has 1 heterocycles. The first-order valence-corrected chi connectivity index (χ1v) is 9.36. The monoisotopic (exact) mass is 327 g/mol. The average molecular weight is 327 g/mol. The second-order valence-electron chi connectivity index (χ2n) is 6.58. The van der Waals surface area contributed by atoms with Gasteiger partial charge in [0.05, 0.1) is 12.7 Å². The third-order valence-corrected chi connectivity index (χ3v) is 4.65. The first-order valence-electron chi connectivity index (χ1n) is 9.36. The molecule has 1 aliphatic rings. The van der Waals surface area contributed by atoms with Gasteiger partial charge >= 0.3 is 0 Å². The topological polar surface area (TPSA) is 30.5 Å². The van der Waals surface area contributed by atoms with E-state index in [0.29, 0.717) is 6.10 Å². The van der Waals surface area contributed by atoms with Gasteiger partial charge in [-0.1, -0.05) is 49.2 Å². The van der Waals surface area contributed by atoms with Crippen molar-refractivity contribution in [3.05, 3.63) is 42.5 Å². The zero-order valence-electron chi connectivity index (χ0n) is 14.5. The van der Waals surface area contributed by atoms with Crippen LogP contribution in [0.5, 0.6) is 5.75 Å². The molecule has 3 rings (SSSR count). The Labute approximate surface area is 145 Å². The zero-order chi connectivity index (χ0) is 16.5. The summed E-state index contributed by atoms with van der Waals surface area (Å²) in [5.74, 6) is 1.01. The van der Waals surface area contributed by atoms with Crippen LogP contribution in [0.3, 0.4) is 0 Å². The SMILES string of the molecule is c1ccc2c(OCCCCCCNC[C@H]3CCCO3)cccc2c1. The van der Waals surface area contributed by atoms with E-state index in [1.165, 1.54) is 42.9 Å². The molecule has 3 nitrogen and oxygen atoms in total. The van der Waals surface area contributed by atoms with Gasteiger partial charge in [0.2, 0.25) is 0 Å². The fourth-order valence-corrected chi connectivity index (χ4v) is 3.28. The van der Waals surface area contributed by atoms with Crippen LogP contribution >= 0.6 is 0 Å². The lowest BCUT2D eigenvalue weighted by atomic mass is 10.1. The molecule has 1 fully saturated rings.